The largest absolute Gasteiger partial charge is 0.390 e. The Hall–Kier alpha value is -3.73. The molecule has 5 rings (SSSR count). The van der Waals surface area contributed by atoms with E-state index in [9.17, 15) is 5.11 Å². The fraction of sp³-hybridized carbons (Fsp3) is 0.0690. The second-order valence-electron chi connectivity index (χ2n) is 7.99. The van der Waals surface area contributed by atoms with Crippen LogP contribution in [-0.4, -0.2) is 14.7 Å². The van der Waals surface area contributed by atoms with E-state index in [0.717, 1.165) is 16.7 Å². The standard InChI is InChI=1S/C29H22ClFN2O/c30-26-18-10-17-25(27(26)31)28-32-24(20-34)19-33(28)29(21-11-4-1-5-12-21,22-13-6-2-7-14-22)23-15-8-3-9-16-23/h1-19,34H,20H2. The first kappa shape index (κ1) is 22.1. The van der Waals surface area contributed by atoms with Gasteiger partial charge in [0.1, 0.15) is 11.4 Å². The molecule has 1 N–H and O–H groups in total. The van der Waals surface area contributed by atoms with Gasteiger partial charge in [-0.1, -0.05) is 109 Å². The Labute approximate surface area is 202 Å². The van der Waals surface area contributed by atoms with Crippen molar-refractivity contribution in [3.8, 4) is 11.4 Å². The van der Waals surface area contributed by atoms with Crippen LogP contribution in [0.5, 0.6) is 0 Å². The SMILES string of the molecule is OCc1cn(C(c2ccccc2)(c2ccccc2)c2ccccc2)c(-c2cccc(Cl)c2F)n1. The zero-order valence-corrected chi connectivity index (χ0v) is 19.0. The number of halogens is 2. The number of rotatable bonds is 6. The average molecular weight is 469 g/mol. The van der Waals surface area contributed by atoms with E-state index >= 15 is 4.39 Å². The molecule has 1 aromatic heterocycles. The fourth-order valence-corrected chi connectivity index (χ4v) is 4.76. The van der Waals surface area contributed by atoms with Crippen LogP contribution in [0.15, 0.2) is 115 Å². The summed E-state index contributed by atoms with van der Waals surface area (Å²) >= 11 is 6.16. The van der Waals surface area contributed by atoms with E-state index in [1.807, 2.05) is 59.2 Å². The van der Waals surface area contributed by atoms with Crippen LogP contribution in [0.2, 0.25) is 5.02 Å². The lowest BCUT2D eigenvalue weighted by molar-refractivity contribution is 0.277. The van der Waals surface area contributed by atoms with Crippen LogP contribution in [0, 0.1) is 5.82 Å². The second-order valence-corrected chi connectivity index (χ2v) is 8.40. The molecule has 3 nitrogen and oxygen atoms in total. The molecule has 4 aromatic carbocycles. The first-order valence-electron chi connectivity index (χ1n) is 11.0. The van der Waals surface area contributed by atoms with Crippen LogP contribution in [0.3, 0.4) is 0 Å². The van der Waals surface area contributed by atoms with Gasteiger partial charge < -0.3 is 9.67 Å². The monoisotopic (exact) mass is 468 g/mol. The third-order valence-electron chi connectivity index (χ3n) is 6.05. The minimum atomic E-state index is -0.895. The summed E-state index contributed by atoms with van der Waals surface area (Å²) in [6.07, 6.45) is 1.79. The summed E-state index contributed by atoms with van der Waals surface area (Å²) in [5.41, 5.74) is 2.71. The predicted octanol–water partition coefficient (Wildman–Crippen LogP) is 6.68. The molecular weight excluding hydrogens is 447 g/mol. The molecule has 0 bridgehead atoms. The lowest BCUT2D eigenvalue weighted by atomic mass is 9.76. The number of hydrogen-bond donors (Lipinski definition) is 1. The van der Waals surface area contributed by atoms with Crippen LogP contribution in [-0.2, 0) is 12.1 Å². The number of imidazole rings is 1. The normalized spacial score (nSPS) is 11.5. The summed E-state index contributed by atoms with van der Waals surface area (Å²) in [6, 6.07) is 35.0. The molecule has 0 aliphatic heterocycles. The Bertz CT molecular complexity index is 1310. The van der Waals surface area contributed by atoms with Gasteiger partial charge in [0.05, 0.1) is 22.9 Å². The lowest BCUT2D eigenvalue weighted by Gasteiger charge is -2.38. The Morgan fingerprint density at radius 1 is 0.735 bits per heavy atom. The summed E-state index contributed by atoms with van der Waals surface area (Å²) < 4.78 is 17.3. The van der Waals surface area contributed by atoms with Crippen molar-refractivity contribution in [3.63, 3.8) is 0 Å². The highest BCUT2D eigenvalue weighted by atomic mass is 35.5. The van der Waals surface area contributed by atoms with Gasteiger partial charge in [-0.2, -0.15) is 0 Å². The first-order chi connectivity index (χ1) is 16.7. The molecule has 5 aromatic rings. The molecule has 0 unspecified atom stereocenters. The van der Waals surface area contributed by atoms with E-state index < -0.39 is 11.4 Å². The third-order valence-corrected chi connectivity index (χ3v) is 6.34. The quantitative estimate of drug-likeness (QED) is 0.282. The predicted molar refractivity (Wildman–Crippen MR) is 133 cm³/mol. The molecule has 0 aliphatic rings. The minimum Gasteiger partial charge on any atom is -0.390 e. The van der Waals surface area contributed by atoms with Gasteiger partial charge in [-0.15, -0.1) is 0 Å². The lowest BCUT2D eigenvalue weighted by Crippen LogP contribution is -2.38. The maximum Gasteiger partial charge on any atom is 0.152 e. The van der Waals surface area contributed by atoms with Gasteiger partial charge in [0, 0.05) is 6.20 Å². The zero-order chi connectivity index (χ0) is 23.5. The number of aromatic nitrogens is 2. The Morgan fingerprint density at radius 3 is 1.71 bits per heavy atom. The van der Waals surface area contributed by atoms with Gasteiger partial charge in [0.2, 0.25) is 0 Å². The van der Waals surface area contributed by atoms with E-state index in [1.54, 1.807) is 18.3 Å². The highest BCUT2D eigenvalue weighted by molar-refractivity contribution is 6.31. The number of hydrogen-bond acceptors (Lipinski definition) is 2. The van der Waals surface area contributed by atoms with Gasteiger partial charge in [-0.25, -0.2) is 9.37 Å². The number of aliphatic hydroxyl groups is 1. The molecule has 168 valence electrons. The van der Waals surface area contributed by atoms with E-state index in [0.29, 0.717) is 11.5 Å². The molecule has 0 saturated heterocycles. The van der Waals surface area contributed by atoms with Gasteiger partial charge in [0.25, 0.3) is 0 Å². The minimum absolute atomic E-state index is 0.0160. The second kappa shape index (κ2) is 9.26. The molecule has 5 heteroatoms. The van der Waals surface area contributed by atoms with Crippen molar-refractivity contribution in [1.82, 2.24) is 9.55 Å². The van der Waals surface area contributed by atoms with Crippen molar-refractivity contribution in [1.29, 1.82) is 0 Å². The van der Waals surface area contributed by atoms with E-state index in [2.05, 4.69) is 41.4 Å². The van der Waals surface area contributed by atoms with Crippen molar-refractivity contribution in [2.24, 2.45) is 0 Å². The smallest absolute Gasteiger partial charge is 0.152 e. The van der Waals surface area contributed by atoms with Crippen molar-refractivity contribution in [2.75, 3.05) is 0 Å². The molecule has 0 atom stereocenters. The summed E-state index contributed by atoms with van der Waals surface area (Å²) in [5, 5.41) is 10.0. The van der Waals surface area contributed by atoms with Gasteiger partial charge in [0.15, 0.2) is 5.82 Å². The zero-order valence-electron chi connectivity index (χ0n) is 18.3. The van der Waals surface area contributed by atoms with Crippen LogP contribution >= 0.6 is 11.6 Å². The van der Waals surface area contributed by atoms with E-state index in [1.165, 1.54) is 6.07 Å². The van der Waals surface area contributed by atoms with Crippen molar-refractivity contribution in [2.45, 2.75) is 12.1 Å². The van der Waals surface area contributed by atoms with Gasteiger partial charge in [-0.3, -0.25) is 0 Å². The average Bonchev–Trinajstić information content (AvgIpc) is 3.33. The Kier molecular flexibility index (Phi) is 6.01. The van der Waals surface area contributed by atoms with Crippen LogP contribution in [0.4, 0.5) is 4.39 Å². The van der Waals surface area contributed by atoms with Crippen molar-refractivity contribution < 1.29 is 9.50 Å². The van der Waals surface area contributed by atoms with Crippen LogP contribution in [0.25, 0.3) is 11.4 Å². The highest BCUT2D eigenvalue weighted by Gasteiger charge is 2.40. The van der Waals surface area contributed by atoms with Crippen molar-refractivity contribution in [3.05, 3.63) is 149 Å². The van der Waals surface area contributed by atoms with Gasteiger partial charge in [-0.05, 0) is 28.8 Å². The maximum atomic E-state index is 15.3. The Morgan fingerprint density at radius 2 is 1.24 bits per heavy atom. The Balaban J connectivity index is 1.96. The molecule has 0 radical (unpaired) electrons. The summed E-state index contributed by atoms with van der Waals surface area (Å²) in [7, 11) is 0. The first-order valence-corrected chi connectivity index (χ1v) is 11.3. The molecule has 0 fully saturated rings. The molecular formula is C29H22ClFN2O. The van der Waals surface area contributed by atoms with Crippen LogP contribution < -0.4 is 0 Å². The fourth-order valence-electron chi connectivity index (χ4n) is 4.58. The van der Waals surface area contributed by atoms with E-state index in [-0.39, 0.29) is 17.2 Å². The summed E-state index contributed by atoms with van der Waals surface area (Å²) in [6.45, 7) is -0.281. The molecule has 0 spiro atoms. The molecule has 0 aliphatic carbocycles. The highest BCUT2D eigenvalue weighted by Crippen LogP contribution is 2.44. The van der Waals surface area contributed by atoms with Gasteiger partial charge >= 0.3 is 0 Å². The molecule has 34 heavy (non-hydrogen) atoms. The molecule has 1 heterocycles. The summed E-state index contributed by atoms with van der Waals surface area (Å²) in [4.78, 5) is 4.66. The van der Waals surface area contributed by atoms with Crippen LogP contribution in [0.1, 0.15) is 22.4 Å². The summed E-state index contributed by atoms with van der Waals surface area (Å²) in [5.74, 6) is -0.177. The topological polar surface area (TPSA) is 38.0 Å². The molecule has 0 saturated carbocycles. The van der Waals surface area contributed by atoms with E-state index in [4.69, 9.17) is 11.6 Å². The molecule has 0 amide bonds. The number of nitrogens with zero attached hydrogens (tertiary/aromatic N) is 2. The number of benzene rings is 4. The third kappa shape index (κ3) is 3.61. The van der Waals surface area contributed by atoms with Crippen molar-refractivity contribution >= 4 is 11.6 Å². The number of aliphatic hydroxyl groups excluding tert-OH is 1. The maximum absolute atomic E-state index is 15.3.